The average Bonchev–Trinajstić information content (AvgIpc) is 2.68. The summed E-state index contributed by atoms with van der Waals surface area (Å²) in [5.41, 5.74) is 0.544. The van der Waals surface area contributed by atoms with Crippen molar-refractivity contribution in [1.29, 1.82) is 5.26 Å². The van der Waals surface area contributed by atoms with Gasteiger partial charge < -0.3 is 5.32 Å². The molecule has 3 amide bonds. The van der Waals surface area contributed by atoms with E-state index in [1.807, 2.05) is 6.07 Å². The summed E-state index contributed by atoms with van der Waals surface area (Å²) in [6.45, 7) is 0.218. The summed E-state index contributed by atoms with van der Waals surface area (Å²) < 4.78 is 12.8. The highest BCUT2D eigenvalue weighted by Gasteiger charge is 2.38. The smallest absolute Gasteiger partial charge is 0.322 e. The van der Waals surface area contributed by atoms with Gasteiger partial charge in [0.2, 0.25) is 0 Å². The highest BCUT2D eigenvalue weighted by molar-refractivity contribution is 6.04. The molecule has 1 aromatic carbocycles. The fourth-order valence-electron chi connectivity index (χ4n) is 1.93. The minimum absolute atomic E-state index is 0.218. The zero-order valence-electron chi connectivity index (χ0n) is 10.1. The summed E-state index contributed by atoms with van der Waals surface area (Å²) in [6.07, 6.45) is 0.740. The van der Waals surface area contributed by atoms with Gasteiger partial charge in [-0.05, 0) is 24.1 Å². The third kappa shape index (κ3) is 2.71. The lowest BCUT2D eigenvalue weighted by molar-refractivity contribution is -0.127. The lowest BCUT2D eigenvalue weighted by Gasteiger charge is -2.11. The minimum Gasteiger partial charge on any atom is -0.322 e. The SMILES string of the molecule is N#CCCCN1C(=O)NC(c2ccc(F)cc2)C1=O. The van der Waals surface area contributed by atoms with Crippen LogP contribution in [0.3, 0.4) is 0 Å². The van der Waals surface area contributed by atoms with Gasteiger partial charge in [-0.1, -0.05) is 12.1 Å². The second kappa shape index (κ2) is 5.48. The van der Waals surface area contributed by atoms with Crippen LogP contribution >= 0.6 is 0 Å². The van der Waals surface area contributed by atoms with Crippen LogP contribution in [0.2, 0.25) is 0 Å². The van der Waals surface area contributed by atoms with Crippen molar-refractivity contribution < 1.29 is 14.0 Å². The van der Waals surface area contributed by atoms with Gasteiger partial charge >= 0.3 is 6.03 Å². The van der Waals surface area contributed by atoms with Gasteiger partial charge in [-0.15, -0.1) is 0 Å². The highest BCUT2D eigenvalue weighted by atomic mass is 19.1. The van der Waals surface area contributed by atoms with Crippen molar-refractivity contribution in [2.45, 2.75) is 18.9 Å². The van der Waals surface area contributed by atoms with Crippen LogP contribution in [0.15, 0.2) is 24.3 Å². The first kappa shape index (κ1) is 13.0. The molecule has 0 bridgehead atoms. The van der Waals surface area contributed by atoms with Gasteiger partial charge in [-0.25, -0.2) is 9.18 Å². The zero-order chi connectivity index (χ0) is 13.8. The maximum atomic E-state index is 12.8. The average molecular weight is 261 g/mol. The van der Waals surface area contributed by atoms with E-state index in [1.165, 1.54) is 24.3 Å². The molecule has 1 aromatic rings. The fraction of sp³-hybridized carbons (Fsp3) is 0.308. The van der Waals surface area contributed by atoms with Crippen LogP contribution in [0.1, 0.15) is 24.4 Å². The molecular weight excluding hydrogens is 249 g/mol. The summed E-state index contributed by atoms with van der Waals surface area (Å²) in [5.74, 6) is -0.763. The Morgan fingerprint density at radius 2 is 2.00 bits per heavy atom. The van der Waals surface area contributed by atoms with E-state index in [0.29, 0.717) is 12.0 Å². The predicted molar refractivity (Wildman–Crippen MR) is 64.2 cm³/mol. The molecule has 1 saturated heterocycles. The van der Waals surface area contributed by atoms with Crippen LogP contribution in [0.5, 0.6) is 0 Å². The Labute approximate surface area is 109 Å². The van der Waals surface area contributed by atoms with Crippen LogP contribution in [-0.4, -0.2) is 23.4 Å². The topological polar surface area (TPSA) is 73.2 Å². The molecule has 1 aliphatic rings. The number of amides is 3. The standard InChI is InChI=1S/C13H12FN3O2/c14-10-5-3-9(4-6-10)11-12(18)17(13(19)16-11)8-2-1-7-15/h3-6,11H,1-2,8H2,(H,16,19). The number of carbonyl (C=O) groups excluding carboxylic acids is 2. The summed E-state index contributed by atoms with van der Waals surface area (Å²) >= 11 is 0. The molecule has 2 rings (SSSR count). The number of nitriles is 1. The third-order valence-corrected chi connectivity index (χ3v) is 2.90. The van der Waals surface area contributed by atoms with E-state index in [1.54, 1.807) is 0 Å². The summed E-state index contributed by atoms with van der Waals surface area (Å²) in [6, 6.07) is 6.14. The Balaban J connectivity index is 2.09. The number of urea groups is 1. The summed E-state index contributed by atoms with van der Waals surface area (Å²) in [5, 5.41) is 11.0. The van der Waals surface area contributed by atoms with Crippen LogP contribution in [-0.2, 0) is 4.79 Å². The normalized spacial score (nSPS) is 18.3. The Morgan fingerprint density at radius 3 is 2.63 bits per heavy atom. The van der Waals surface area contributed by atoms with Crippen LogP contribution in [0, 0.1) is 17.1 Å². The molecule has 0 saturated carbocycles. The monoisotopic (exact) mass is 261 g/mol. The van der Waals surface area contributed by atoms with Crippen LogP contribution < -0.4 is 5.32 Å². The van der Waals surface area contributed by atoms with Gasteiger partial charge in [0.1, 0.15) is 11.9 Å². The van der Waals surface area contributed by atoms with Crippen molar-refractivity contribution >= 4 is 11.9 Å². The molecule has 0 radical (unpaired) electrons. The van der Waals surface area contributed by atoms with Gasteiger partial charge in [0.05, 0.1) is 6.07 Å². The Kier molecular flexibility index (Phi) is 3.76. The number of hydrogen-bond acceptors (Lipinski definition) is 3. The number of benzene rings is 1. The number of carbonyl (C=O) groups is 2. The fourth-order valence-corrected chi connectivity index (χ4v) is 1.93. The summed E-state index contributed by atoms with van der Waals surface area (Å²) in [4.78, 5) is 24.8. The van der Waals surface area contributed by atoms with Gasteiger partial charge in [-0.3, -0.25) is 9.69 Å². The van der Waals surface area contributed by atoms with E-state index < -0.39 is 17.9 Å². The van der Waals surface area contributed by atoms with Gasteiger partial charge in [0.25, 0.3) is 5.91 Å². The van der Waals surface area contributed by atoms with Gasteiger partial charge in [-0.2, -0.15) is 5.26 Å². The molecule has 6 heteroatoms. The molecule has 1 unspecified atom stereocenters. The van der Waals surface area contributed by atoms with E-state index in [2.05, 4.69) is 5.32 Å². The molecule has 0 aromatic heterocycles. The number of halogens is 1. The number of nitrogens with zero attached hydrogens (tertiary/aromatic N) is 2. The molecule has 0 aliphatic carbocycles. The number of unbranched alkanes of at least 4 members (excludes halogenated alkanes) is 1. The van der Waals surface area contributed by atoms with Crippen molar-refractivity contribution in [2.24, 2.45) is 0 Å². The summed E-state index contributed by atoms with van der Waals surface area (Å²) in [7, 11) is 0. The Bertz CT molecular complexity index is 536. The third-order valence-electron chi connectivity index (χ3n) is 2.90. The predicted octanol–water partition coefficient (Wildman–Crippen LogP) is 1.72. The van der Waals surface area contributed by atoms with E-state index in [0.717, 1.165) is 4.90 Å². The first-order chi connectivity index (χ1) is 9.13. The second-order valence-corrected chi connectivity index (χ2v) is 4.19. The Hall–Kier alpha value is -2.42. The van der Waals surface area contributed by atoms with Crippen LogP contribution in [0.4, 0.5) is 9.18 Å². The molecule has 1 atom stereocenters. The largest absolute Gasteiger partial charge is 0.325 e. The molecule has 98 valence electrons. The lowest BCUT2D eigenvalue weighted by Crippen LogP contribution is -2.31. The maximum Gasteiger partial charge on any atom is 0.325 e. The van der Waals surface area contributed by atoms with Crippen molar-refractivity contribution in [3.63, 3.8) is 0 Å². The molecule has 0 spiro atoms. The van der Waals surface area contributed by atoms with E-state index >= 15 is 0 Å². The van der Waals surface area contributed by atoms with Crippen molar-refractivity contribution in [3.05, 3.63) is 35.6 Å². The zero-order valence-corrected chi connectivity index (χ0v) is 10.1. The Morgan fingerprint density at radius 1 is 1.32 bits per heavy atom. The minimum atomic E-state index is -0.768. The molecule has 1 fully saturated rings. The molecule has 5 nitrogen and oxygen atoms in total. The van der Waals surface area contributed by atoms with Crippen LogP contribution in [0.25, 0.3) is 0 Å². The number of nitrogens with one attached hydrogen (secondary N) is 1. The van der Waals surface area contributed by atoms with Gasteiger partial charge in [0, 0.05) is 13.0 Å². The van der Waals surface area contributed by atoms with E-state index in [-0.39, 0.29) is 18.9 Å². The lowest BCUT2D eigenvalue weighted by atomic mass is 10.1. The van der Waals surface area contributed by atoms with Crippen molar-refractivity contribution in [2.75, 3.05) is 6.54 Å². The maximum absolute atomic E-state index is 12.8. The molecule has 1 aliphatic heterocycles. The molecule has 1 heterocycles. The van der Waals surface area contributed by atoms with E-state index in [9.17, 15) is 14.0 Å². The first-order valence-electron chi connectivity index (χ1n) is 5.88. The number of hydrogen-bond donors (Lipinski definition) is 1. The van der Waals surface area contributed by atoms with Crippen molar-refractivity contribution in [3.8, 4) is 6.07 Å². The van der Waals surface area contributed by atoms with E-state index in [4.69, 9.17) is 5.26 Å². The molecular formula is C13H12FN3O2. The number of rotatable bonds is 4. The van der Waals surface area contributed by atoms with Crippen molar-refractivity contribution in [1.82, 2.24) is 10.2 Å². The second-order valence-electron chi connectivity index (χ2n) is 4.19. The molecule has 19 heavy (non-hydrogen) atoms. The van der Waals surface area contributed by atoms with Gasteiger partial charge in [0.15, 0.2) is 0 Å². The quantitative estimate of drug-likeness (QED) is 0.662. The molecule has 1 N–H and O–H groups in total. The first-order valence-corrected chi connectivity index (χ1v) is 5.88. The number of imide groups is 1. The highest BCUT2D eigenvalue weighted by Crippen LogP contribution is 2.22.